The van der Waals surface area contributed by atoms with E-state index < -0.39 is 12.0 Å². The summed E-state index contributed by atoms with van der Waals surface area (Å²) in [5.41, 5.74) is 1.60. The highest BCUT2D eigenvalue weighted by Crippen LogP contribution is 2.29. The van der Waals surface area contributed by atoms with Crippen LogP contribution in [-0.2, 0) is 9.53 Å². The molecule has 4 rings (SSSR count). The third-order valence-electron chi connectivity index (χ3n) is 6.70. The van der Waals surface area contributed by atoms with Crippen LogP contribution in [-0.4, -0.2) is 67.2 Å². The van der Waals surface area contributed by atoms with Crippen LogP contribution in [0.3, 0.4) is 0 Å². The Labute approximate surface area is 189 Å². The van der Waals surface area contributed by atoms with E-state index in [0.29, 0.717) is 29.4 Å². The molecule has 174 valence electrons. The number of urea groups is 1. The average Bonchev–Trinajstić information content (AvgIpc) is 2.80. The van der Waals surface area contributed by atoms with Gasteiger partial charge in [0.25, 0.3) is 0 Å². The number of amides is 2. The van der Waals surface area contributed by atoms with Crippen molar-refractivity contribution in [1.82, 2.24) is 20.4 Å². The molecule has 7 nitrogen and oxygen atoms in total. The molecule has 0 aliphatic carbocycles. The van der Waals surface area contributed by atoms with Crippen molar-refractivity contribution in [3.05, 3.63) is 46.9 Å². The number of ether oxygens (including phenoxy) is 1. The number of carbonyl (C=O) groups is 2. The lowest BCUT2D eigenvalue weighted by Crippen LogP contribution is -2.51. The summed E-state index contributed by atoms with van der Waals surface area (Å²) in [5.74, 6) is -0.833. The fraction of sp³-hybridized carbons (Fsp3) is 0.583. The molecule has 32 heavy (non-hydrogen) atoms. The fourth-order valence-electron chi connectivity index (χ4n) is 5.05. The second-order valence-electron chi connectivity index (χ2n) is 8.80. The van der Waals surface area contributed by atoms with Gasteiger partial charge in [-0.05, 0) is 63.4 Å². The Kier molecular flexibility index (Phi) is 7.42. The third kappa shape index (κ3) is 5.30. The monoisotopic (exact) mass is 444 g/mol. The molecule has 3 aliphatic rings. The number of likely N-dealkylation sites (tertiary alicyclic amines) is 2. The smallest absolute Gasteiger partial charge is 0.338 e. The predicted octanol–water partition coefficient (Wildman–Crippen LogP) is 2.95. The molecule has 1 atom stereocenters. The standard InChI is InChI=1S/C24H33FN4O3/c1-2-32-23(30)21-20(26-24(31)27-22(21)17-6-8-18(25)9-7-17)16-28-14-10-19(11-15-28)29-12-4-3-5-13-29/h6-9,19,22H,2-5,10-16H2,1H3,(H2,26,27,31)/t22-/m0/s1. The first-order valence-electron chi connectivity index (χ1n) is 11.7. The van der Waals surface area contributed by atoms with E-state index >= 15 is 0 Å². The number of carbonyl (C=O) groups excluding carboxylic acids is 2. The second-order valence-corrected chi connectivity index (χ2v) is 8.80. The van der Waals surface area contributed by atoms with Gasteiger partial charge in [0, 0.05) is 31.4 Å². The summed E-state index contributed by atoms with van der Waals surface area (Å²) < 4.78 is 18.8. The van der Waals surface area contributed by atoms with Crippen LogP contribution >= 0.6 is 0 Å². The number of piperidine rings is 2. The highest BCUT2D eigenvalue weighted by atomic mass is 19.1. The normalized spacial score (nSPS) is 23.6. The molecular formula is C24H33FN4O3. The summed E-state index contributed by atoms with van der Waals surface area (Å²) >= 11 is 0. The number of nitrogens with zero attached hydrogens (tertiary/aromatic N) is 2. The Morgan fingerprint density at radius 1 is 1.09 bits per heavy atom. The Bertz CT molecular complexity index is 843. The number of halogens is 1. The minimum atomic E-state index is -0.677. The molecule has 8 heteroatoms. The van der Waals surface area contributed by atoms with Crippen molar-refractivity contribution in [2.45, 2.75) is 51.1 Å². The van der Waals surface area contributed by atoms with E-state index in [4.69, 9.17) is 4.74 Å². The number of esters is 1. The van der Waals surface area contributed by atoms with Crippen molar-refractivity contribution in [1.29, 1.82) is 0 Å². The van der Waals surface area contributed by atoms with Crippen LogP contribution < -0.4 is 10.6 Å². The van der Waals surface area contributed by atoms with Gasteiger partial charge in [0.2, 0.25) is 0 Å². The highest BCUT2D eigenvalue weighted by molar-refractivity contribution is 5.95. The molecule has 2 amide bonds. The van der Waals surface area contributed by atoms with E-state index in [0.717, 1.165) is 25.9 Å². The van der Waals surface area contributed by atoms with Gasteiger partial charge in [-0.3, -0.25) is 4.90 Å². The molecule has 0 radical (unpaired) electrons. The predicted molar refractivity (Wildman–Crippen MR) is 119 cm³/mol. The molecule has 0 spiro atoms. The molecular weight excluding hydrogens is 411 g/mol. The Balaban J connectivity index is 1.52. The Morgan fingerprint density at radius 3 is 2.44 bits per heavy atom. The van der Waals surface area contributed by atoms with E-state index in [-0.39, 0.29) is 18.5 Å². The van der Waals surface area contributed by atoms with E-state index in [9.17, 15) is 14.0 Å². The first-order chi connectivity index (χ1) is 15.5. The summed E-state index contributed by atoms with van der Waals surface area (Å²) in [6.07, 6.45) is 6.11. The summed E-state index contributed by atoms with van der Waals surface area (Å²) in [6, 6.07) is 5.42. The maximum Gasteiger partial charge on any atom is 0.338 e. The summed E-state index contributed by atoms with van der Waals surface area (Å²) in [5, 5.41) is 5.64. The number of nitrogens with one attached hydrogen (secondary N) is 2. The fourth-order valence-corrected chi connectivity index (χ4v) is 5.05. The van der Waals surface area contributed by atoms with Gasteiger partial charge in [0.05, 0.1) is 18.2 Å². The first-order valence-corrected chi connectivity index (χ1v) is 11.7. The van der Waals surface area contributed by atoms with Gasteiger partial charge in [-0.1, -0.05) is 18.6 Å². The Hall–Kier alpha value is -2.45. The maximum absolute atomic E-state index is 13.4. The van der Waals surface area contributed by atoms with Crippen LogP contribution in [0.25, 0.3) is 0 Å². The molecule has 0 unspecified atom stereocenters. The zero-order valence-electron chi connectivity index (χ0n) is 18.7. The van der Waals surface area contributed by atoms with Crippen molar-refractivity contribution >= 4 is 12.0 Å². The zero-order chi connectivity index (χ0) is 22.5. The maximum atomic E-state index is 13.4. The topological polar surface area (TPSA) is 73.9 Å². The molecule has 2 N–H and O–H groups in total. The van der Waals surface area contributed by atoms with Crippen LogP contribution in [0.4, 0.5) is 9.18 Å². The number of benzene rings is 1. The molecule has 1 aromatic carbocycles. The SMILES string of the molecule is CCOC(=O)C1=C(CN2CCC(N3CCCCC3)CC2)NC(=O)N[C@H]1c1ccc(F)cc1. The lowest BCUT2D eigenvalue weighted by atomic mass is 9.94. The van der Waals surface area contributed by atoms with E-state index in [1.54, 1.807) is 19.1 Å². The zero-order valence-corrected chi connectivity index (χ0v) is 18.7. The first kappa shape index (κ1) is 22.7. The van der Waals surface area contributed by atoms with Crippen molar-refractivity contribution in [3.8, 4) is 0 Å². The number of hydrogen-bond donors (Lipinski definition) is 2. The molecule has 0 saturated carbocycles. The number of rotatable bonds is 6. The van der Waals surface area contributed by atoms with Gasteiger partial charge in [0.1, 0.15) is 5.82 Å². The van der Waals surface area contributed by atoms with Crippen molar-refractivity contribution < 1.29 is 18.7 Å². The molecule has 1 aromatic rings. The Morgan fingerprint density at radius 2 is 1.78 bits per heavy atom. The van der Waals surface area contributed by atoms with Crippen molar-refractivity contribution in [2.75, 3.05) is 39.3 Å². The van der Waals surface area contributed by atoms with Gasteiger partial charge in [-0.15, -0.1) is 0 Å². The lowest BCUT2D eigenvalue weighted by molar-refractivity contribution is -0.139. The molecule has 2 fully saturated rings. The summed E-state index contributed by atoms with van der Waals surface area (Å²) in [6.45, 7) is 6.71. The molecule has 3 heterocycles. The van der Waals surface area contributed by atoms with E-state index in [1.807, 2.05) is 0 Å². The molecule has 2 saturated heterocycles. The van der Waals surface area contributed by atoms with Gasteiger partial charge in [-0.25, -0.2) is 14.0 Å². The van der Waals surface area contributed by atoms with E-state index in [1.165, 1.54) is 44.5 Å². The lowest BCUT2D eigenvalue weighted by Gasteiger charge is -2.41. The average molecular weight is 445 g/mol. The second kappa shape index (κ2) is 10.4. The van der Waals surface area contributed by atoms with Gasteiger partial charge < -0.3 is 20.3 Å². The summed E-state index contributed by atoms with van der Waals surface area (Å²) in [7, 11) is 0. The van der Waals surface area contributed by atoms with Crippen LogP contribution in [0.2, 0.25) is 0 Å². The number of hydrogen-bond acceptors (Lipinski definition) is 5. The minimum absolute atomic E-state index is 0.237. The van der Waals surface area contributed by atoms with Crippen LogP contribution in [0, 0.1) is 5.82 Å². The summed E-state index contributed by atoms with van der Waals surface area (Å²) in [4.78, 5) is 30.3. The van der Waals surface area contributed by atoms with E-state index in [2.05, 4.69) is 20.4 Å². The highest BCUT2D eigenvalue weighted by Gasteiger charge is 2.35. The molecule has 3 aliphatic heterocycles. The van der Waals surface area contributed by atoms with Crippen LogP contribution in [0.1, 0.15) is 50.6 Å². The molecule has 0 aromatic heterocycles. The van der Waals surface area contributed by atoms with Gasteiger partial charge in [0.15, 0.2) is 0 Å². The third-order valence-corrected chi connectivity index (χ3v) is 6.70. The van der Waals surface area contributed by atoms with Crippen molar-refractivity contribution in [2.24, 2.45) is 0 Å². The molecule has 0 bridgehead atoms. The van der Waals surface area contributed by atoms with Gasteiger partial charge >= 0.3 is 12.0 Å². The van der Waals surface area contributed by atoms with Gasteiger partial charge in [-0.2, -0.15) is 0 Å². The largest absolute Gasteiger partial charge is 0.463 e. The van der Waals surface area contributed by atoms with Crippen LogP contribution in [0.15, 0.2) is 35.5 Å². The van der Waals surface area contributed by atoms with Crippen molar-refractivity contribution in [3.63, 3.8) is 0 Å². The minimum Gasteiger partial charge on any atom is -0.463 e. The van der Waals surface area contributed by atoms with Crippen LogP contribution in [0.5, 0.6) is 0 Å². The quantitative estimate of drug-likeness (QED) is 0.660.